The van der Waals surface area contributed by atoms with Crippen LogP contribution in [0.25, 0.3) is 0 Å². The fourth-order valence-corrected chi connectivity index (χ4v) is 4.57. The molecule has 0 bridgehead atoms. The number of likely N-dealkylation sites (N-methyl/N-ethyl adjacent to an activating group) is 1. The van der Waals surface area contributed by atoms with Crippen LogP contribution in [0.15, 0.2) is 11.4 Å². The lowest BCUT2D eigenvalue weighted by Gasteiger charge is -2.26. The number of aryl methyl sites for hydroxylation is 1. The van der Waals surface area contributed by atoms with Gasteiger partial charge in [-0.25, -0.2) is 8.42 Å². The van der Waals surface area contributed by atoms with E-state index in [4.69, 9.17) is 0 Å². The van der Waals surface area contributed by atoms with Crippen LogP contribution < -0.4 is 0 Å². The van der Waals surface area contributed by atoms with Crippen LogP contribution in [0.5, 0.6) is 0 Å². The van der Waals surface area contributed by atoms with E-state index >= 15 is 0 Å². The van der Waals surface area contributed by atoms with Crippen molar-refractivity contribution in [2.45, 2.75) is 32.4 Å². The molecule has 1 atom stereocenters. The zero-order chi connectivity index (χ0) is 14.9. The number of sulfonamides is 1. The van der Waals surface area contributed by atoms with Crippen molar-refractivity contribution < 1.29 is 13.2 Å². The third kappa shape index (κ3) is 3.21. The Morgan fingerprint density at radius 1 is 1.55 bits per heavy atom. The molecular formula is C13H20N2O3S2. The van der Waals surface area contributed by atoms with E-state index in [2.05, 4.69) is 0 Å². The lowest BCUT2D eigenvalue weighted by atomic mass is 10.2. The highest BCUT2D eigenvalue weighted by molar-refractivity contribution is 7.88. The van der Waals surface area contributed by atoms with Crippen LogP contribution in [0.4, 0.5) is 0 Å². The number of carbonyl (C=O) groups is 1. The average molecular weight is 316 g/mol. The molecule has 112 valence electrons. The van der Waals surface area contributed by atoms with Crippen LogP contribution in [0.2, 0.25) is 0 Å². The predicted molar refractivity (Wildman–Crippen MR) is 80.1 cm³/mol. The Labute approximate surface area is 124 Å². The SMILES string of the molecule is Cc1ccsc1CN(C)C(=O)[C@H]1CCCN1S(C)(=O)=O. The number of amides is 1. The van der Waals surface area contributed by atoms with Crippen molar-refractivity contribution >= 4 is 27.3 Å². The topological polar surface area (TPSA) is 57.7 Å². The van der Waals surface area contributed by atoms with Gasteiger partial charge in [-0.2, -0.15) is 4.31 Å². The van der Waals surface area contributed by atoms with E-state index in [0.717, 1.165) is 11.3 Å². The van der Waals surface area contributed by atoms with Gasteiger partial charge in [0, 0.05) is 18.5 Å². The summed E-state index contributed by atoms with van der Waals surface area (Å²) in [6, 6.07) is 1.49. The third-order valence-electron chi connectivity index (χ3n) is 3.64. The maximum atomic E-state index is 12.5. The quantitative estimate of drug-likeness (QED) is 0.844. The van der Waals surface area contributed by atoms with Crippen molar-refractivity contribution in [3.8, 4) is 0 Å². The first-order chi connectivity index (χ1) is 9.30. The molecule has 0 aromatic carbocycles. The fraction of sp³-hybridized carbons (Fsp3) is 0.615. The molecule has 1 amide bonds. The molecule has 1 aliphatic heterocycles. The molecule has 0 spiro atoms. The summed E-state index contributed by atoms with van der Waals surface area (Å²) >= 11 is 1.62. The smallest absolute Gasteiger partial charge is 0.241 e. The maximum absolute atomic E-state index is 12.5. The zero-order valence-electron chi connectivity index (χ0n) is 12.0. The number of rotatable bonds is 4. The summed E-state index contributed by atoms with van der Waals surface area (Å²) in [7, 11) is -1.58. The Bertz CT molecular complexity index is 595. The van der Waals surface area contributed by atoms with Crippen LogP contribution in [0.1, 0.15) is 23.3 Å². The molecule has 1 aromatic heterocycles. The van der Waals surface area contributed by atoms with Gasteiger partial charge in [-0.3, -0.25) is 4.79 Å². The lowest BCUT2D eigenvalue weighted by molar-refractivity contribution is -0.133. The first kappa shape index (κ1) is 15.5. The molecule has 5 nitrogen and oxygen atoms in total. The highest BCUT2D eigenvalue weighted by Gasteiger charge is 2.37. The van der Waals surface area contributed by atoms with E-state index in [1.165, 1.54) is 16.1 Å². The monoisotopic (exact) mass is 316 g/mol. The van der Waals surface area contributed by atoms with Crippen LogP contribution >= 0.6 is 11.3 Å². The molecule has 1 aliphatic rings. The molecular weight excluding hydrogens is 296 g/mol. The van der Waals surface area contributed by atoms with Crippen LogP contribution in [-0.2, 0) is 21.4 Å². The number of hydrogen-bond donors (Lipinski definition) is 0. The van der Waals surface area contributed by atoms with Gasteiger partial charge < -0.3 is 4.90 Å². The molecule has 20 heavy (non-hydrogen) atoms. The van der Waals surface area contributed by atoms with Gasteiger partial charge in [-0.05, 0) is 36.8 Å². The molecule has 0 saturated carbocycles. The Morgan fingerprint density at radius 3 is 2.80 bits per heavy atom. The molecule has 1 aromatic rings. The van der Waals surface area contributed by atoms with Crippen molar-refractivity contribution in [3.05, 3.63) is 21.9 Å². The number of thiophene rings is 1. The first-order valence-corrected chi connectivity index (χ1v) is 9.28. The Morgan fingerprint density at radius 2 is 2.25 bits per heavy atom. The van der Waals surface area contributed by atoms with E-state index in [-0.39, 0.29) is 5.91 Å². The van der Waals surface area contributed by atoms with Crippen LogP contribution in [-0.4, -0.2) is 49.4 Å². The third-order valence-corrected chi connectivity index (χ3v) is 5.94. The Kier molecular flexibility index (Phi) is 4.51. The minimum absolute atomic E-state index is 0.110. The molecule has 7 heteroatoms. The number of carbonyl (C=O) groups excluding carboxylic acids is 1. The minimum atomic E-state index is -3.31. The summed E-state index contributed by atoms with van der Waals surface area (Å²) < 4.78 is 24.7. The molecule has 0 aliphatic carbocycles. The van der Waals surface area contributed by atoms with Crippen LogP contribution in [0.3, 0.4) is 0 Å². The molecule has 0 N–H and O–H groups in total. The lowest BCUT2D eigenvalue weighted by Crippen LogP contribution is -2.45. The van der Waals surface area contributed by atoms with Gasteiger partial charge in [0.15, 0.2) is 0 Å². The molecule has 1 saturated heterocycles. The zero-order valence-corrected chi connectivity index (χ0v) is 13.6. The highest BCUT2D eigenvalue weighted by Crippen LogP contribution is 2.23. The van der Waals surface area contributed by atoms with Gasteiger partial charge in [0.05, 0.1) is 12.8 Å². The van der Waals surface area contributed by atoms with Gasteiger partial charge in [0.1, 0.15) is 6.04 Å². The maximum Gasteiger partial charge on any atom is 0.241 e. The summed E-state index contributed by atoms with van der Waals surface area (Å²) in [5.41, 5.74) is 1.17. The number of hydrogen-bond acceptors (Lipinski definition) is 4. The summed E-state index contributed by atoms with van der Waals surface area (Å²) in [5, 5.41) is 2.00. The van der Waals surface area contributed by atoms with E-state index in [9.17, 15) is 13.2 Å². The predicted octanol–water partition coefficient (Wildman–Crippen LogP) is 1.44. The van der Waals surface area contributed by atoms with Gasteiger partial charge >= 0.3 is 0 Å². The Balaban J connectivity index is 2.09. The van der Waals surface area contributed by atoms with Crippen molar-refractivity contribution in [2.24, 2.45) is 0 Å². The van der Waals surface area contributed by atoms with E-state index in [0.29, 0.717) is 19.5 Å². The van der Waals surface area contributed by atoms with E-state index < -0.39 is 16.1 Å². The summed E-state index contributed by atoms with van der Waals surface area (Å²) in [5.74, 6) is -0.110. The van der Waals surface area contributed by atoms with Gasteiger partial charge in [-0.1, -0.05) is 0 Å². The van der Waals surface area contributed by atoms with Gasteiger partial charge in [0.2, 0.25) is 15.9 Å². The molecule has 0 radical (unpaired) electrons. The summed E-state index contributed by atoms with van der Waals surface area (Å²) in [6.07, 6.45) is 2.52. The molecule has 2 heterocycles. The van der Waals surface area contributed by atoms with Crippen LogP contribution in [0, 0.1) is 6.92 Å². The second-order valence-corrected chi connectivity index (χ2v) is 8.19. The normalized spacial score (nSPS) is 20.2. The second kappa shape index (κ2) is 5.83. The van der Waals surface area contributed by atoms with Gasteiger partial charge in [0.25, 0.3) is 0 Å². The van der Waals surface area contributed by atoms with Crippen molar-refractivity contribution in [3.63, 3.8) is 0 Å². The second-order valence-electron chi connectivity index (χ2n) is 5.25. The molecule has 0 unspecified atom stereocenters. The van der Waals surface area contributed by atoms with Crippen molar-refractivity contribution in [1.82, 2.24) is 9.21 Å². The van der Waals surface area contributed by atoms with Gasteiger partial charge in [-0.15, -0.1) is 11.3 Å². The average Bonchev–Trinajstić information content (AvgIpc) is 2.97. The van der Waals surface area contributed by atoms with Crippen molar-refractivity contribution in [1.29, 1.82) is 0 Å². The minimum Gasteiger partial charge on any atom is -0.339 e. The highest BCUT2D eigenvalue weighted by atomic mass is 32.2. The molecule has 2 rings (SSSR count). The Hall–Kier alpha value is -0.920. The van der Waals surface area contributed by atoms with E-state index in [1.54, 1.807) is 23.3 Å². The summed E-state index contributed by atoms with van der Waals surface area (Å²) in [6.45, 7) is 3.00. The van der Waals surface area contributed by atoms with Crippen molar-refractivity contribution in [2.75, 3.05) is 19.8 Å². The standard InChI is InChI=1S/C13H20N2O3S2/c1-10-6-8-19-12(10)9-14(2)13(16)11-5-4-7-15(11)20(3,17)18/h6,8,11H,4-5,7,9H2,1-3H3/t11-/m1/s1. The summed E-state index contributed by atoms with van der Waals surface area (Å²) in [4.78, 5) is 15.2. The fourth-order valence-electron chi connectivity index (χ4n) is 2.50. The largest absolute Gasteiger partial charge is 0.339 e. The first-order valence-electron chi connectivity index (χ1n) is 6.55. The number of nitrogens with zero attached hydrogens (tertiary/aromatic N) is 2. The molecule has 1 fully saturated rings. The van der Waals surface area contributed by atoms with E-state index in [1.807, 2.05) is 18.4 Å².